The molecule has 2 aromatic carbocycles. The molecule has 3 aromatic rings. The number of hydrogen-bond acceptors (Lipinski definition) is 4. The maximum atomic E-state index is 13.0. The number of pyridine rings is 1. The number of nitrogens with zero attached hydrogens (tertiary/aromatic N) is 1. The lowest BCUT2D eigenvalue weighted by atomic mass is 10.1. The number of rotatable bonds is 5. The molecular weight excluding hydrogens is 318 g/mol. The second-order valence-electron chi connectivity index (χ2n) is 6.11. The van der Waals surface area contributed by atoms with Crippen molar-refractivity contribution in [2.75, 3.05) is 7.11 Å². The summed E-state index contributed by atoms with van der Waals surface area (Å²) >= 11 is 0. The van der Waals surface area contributed by atoms with Gasteiger partial charge in [-0.15, -0.1) is 0 Å². The van der Waals surface area contributed by atoms with Gasteiger partial charge in [0.2, 0.25) is 5.75 Å². The molecule has 130 valence electrons. The molecule has 1 heterocycles. The molecule has 5 heteroatoms. The Hall–Kier alpha value is -2.95. The van der Waals surface area contributed by atoms with Crippen molar-refractivity contribution in [2.24, 2.45) is 0 Å². The van der Waals surface area contributed by atoms with E-state index in [1.807, 2.05) is 44.2 Å². The van der Waals surface area contributed by atoms with Gasteiger partial charge in [0.25, 0.3) is 5.56 Å². The second-order valence-corrected chi connectivity index (χ2v) is 6.11. The van der Waals surface area contributed by atoms with Crippen LogP contribution in [0.5, 0.6) is 17.2 Å². The molecule has 3 rings (SSSR count). The van der Waals surface area contributed by atoms with Crippen LogP contribution in [0.2, 0.25) is 0 Å². The Kier molecular flexibility index (Phi) is 4.65. The fourth-order valence-electron chi connectivity index (χ4n) is 2.92. The molecule has 0 saturated carbocycles. The van der Waals surface area contributed by atoms with Crippen molar-refractivity contribution < 1.29 is 14.6 Å². The van der Waals surface area contributed by atoms with Crippen molar-refractivity contribution in [2.45, 2.75) is 26.5 Å². The molecular formula is C20H21NO4. The average molecular weight is 339 g/mol. The SMILES string of the molecule is COc1c(OCc2ccccc2)c(=O)n(C(C)C)c2cc(O)ccc12. The van der Waals surface area contributed by atoms with Crippen LogP contribution in [-0.4, -0.2) is 16.8 Å². The number of methoxy groups -OCH3 is 1. The van der Waals surface area contributed by atoms with E-state index in [1.54, 1.807) is 22.8 Å². The molecule has 0 amide bonds. The number of aromatic nitrogens is 1. The molecule has 0 aliphatic carbocycles. The minimum atomic E-state index is -0.277. The Morgan fingerprint density at radius 3 is 2.44 bits per heavy atom. The largest absolute Gasteiger partial charge is 0.508 e. The number of fused-ring (bicyclic) bond motifs is 1. The van der Waals surface area contributed by atoms with Gasteiger partial charge in [-0.1, -0.05) is 30.3 Å². The van der Waals surface area contributed by atoms with Gasteiger partial charge in [0.05, 0.1) is 12.6 Å². The van der Waals surface area contributed by atoms with Gasteiger partial charge < -0.3 is 19.1 Å². The topological polar surface area (TPSA) is 60.7 Å². The van der Waals surface area contributed by atoms with Gasteiger partial charge in [-0.25, -0.2) is 0 Å². The van der Waals surface area contributed by atoms with Gasteiger partial charge in [0.15, 0.2) is 5.75 Å². The zero-order chi connectivity index (χ0) is 18.0. The van der Waals surface area contributed by atoms with Gasteiger partial charge in [0.1, 0.15) is 12.4 Å². The maximum absolute atomic E-state index is 13.0. The first-order valence-electron chi connectivity index (χ1n) is 8.15. The van der Waals surface area contributed by atoms with E-state index < -0.39 is 0 Å². The molecule has 0 radical (unpaired) electrons. The highest BCUT2D eigenvalue weighted by Gasteiger charge is 2.20. The van der Waals surface area contributed by atoms with E-state index in [4.69, 9.17) is 9.47 Å². The zero-order valence-electron chi connectivity index (χ0n) is 14.5. The summed E-state index contributed by atoms with van der Waals surface area (Å²) in [6.07, 6.45) is 0. The van der Waals surface area contributed by atoms with Crippen molar-refractivity contribution in [1.29, 1.82) is 0 Å². The van der Waals surface area contributed by atoms with E-state index in [2.05, 4.69) is 0 Å². The number of hydrogen-bond donors (Lipinski definition) is 1. The van der Waals surface area contributed by atoms with Crippen LogP contribution < -0.4 is 15.0 Å². The van der Waals surface area contributed by atoms with Crippen LogP contribution in [0.3, 0.4) is 0 Å². The quantitative estimate of drug-likeness (QED) is 0.766. The summed E-state index contributed by atoms with van der Waals surface area (Å²) in [4.78, 5) is 13.0. The lowest BCUT2D eigenvalue weighted by Gasteiger charge is -2.19. The van der Waals surface area contributed by atoms with Crippen molar-refractivity contribution in [3.05, 3.63) is 64.4 Å². The lowest BCUT2D eigenvalue weighted by molar-refractivity contribution is 0.278. The number of aromatic hydroxyl groups is 1. The first-order valence-corrected chi connectivity index (χ1v) is 8.15. The number of phenolic OH excluding ortho intramolecular Hbond substituents is 1. The molecule has 0 fully saturated rings. The second kappa shape index (κ2) is 6.89. The average Bonchev–Trinajstić information content (AvgIpc) is 2.60. The Labute approximate surface area is 146 Å². The standard InChI is InChI=1S/C20H21NO4/c1-13(2)21-17-11-15(22)9-10-16(17)18(24-3)19(20(21)23)25-12-14-7-5-4-6-8-14/h4-11,13,22H,12H2,1-3H3. The third kappa shape index (κ3) is 3.18. The fourth-order valence-corrected chi connectivity index (χ4v) is 2.92. The Balaban J connectivity index is 2.18. The van der Waals surface area contributed by atoms with E-state index >= 15 is 0 Å². The van der Waals surface area contributed by atoms with Crippen LogP contribution in [0.25, 0.3) is 10.9 Å². The van der Waals surface area contributed by atoms with E-state index in [1.165, 1.54) is 7.11 Å². The highest BCUT2D eigenvalue weighted by atomic mass is 16.5. The lowest BCUT2D eigenvalue weighted by Crippen LogP contribution is -2.24. The van der Waals surface area contributed by atoms with Crippen LogP contribution in [0, 0.1) is 0 Å². The third-order valence-corrected chi connectivity index (χ3v) is 4.05. The van der Waals surface area contributed by atoms with Gasteiger partial charge >= 0.3 is 0 Å². The molecule has 0 saturated heterocycles. The molecule has 0 aliphatic rings. The minimum absolute atomic E-state index is 0.0956. The Morgan fingerprint density at radius 2 is 1.80 bits per heavy atom. The van der Waals surface area contributed by atoms with Crippen LogP contribution in [0.1, 0.15) is 25.5 Å². The number of ether oxygens (including phenoxy) is 2. The summed E-state index contributed by atoms with van der Waals surface area (Å²) in [5.41, 5.74) is 1.30. The first-order chi connectivity index (χ1) is 12.0. The molecule has 0 bridgehead atoms. The number of phenols is 1. The normalized spacial score (nSPS) is 11.0. The molecule has 0 atom stereocenters. The third-order valence-electron chi connectivity index (χ3n) is 4.05. The first kappa shape index (κ1) is 16.9. The van der Waals surface area contributed by atoms with Crippen molar-refractivity contribution >= 4 is 10.9 Å². The predicted molar refractivity (Wildman–Crippen MR) is 97.6 cm³/mol. The van der Waals surface area contributed by atoms with Crippen LogP contribution in [0.4, 0.5) is 0 Å². The van der Waals surface area contributed by atoms with Crippen LogP contribution >= 0.6 is 0 Å². The van der Waals surface area contributed by atoms with E-state index in [-0.39, 0.29) is 29.7 Å². The van der Waals surface area contributed by atoms with E-state index in [0.717, 1.165) is 10.9 Å². The van der Waals surface area contributed by atoms with Crippen LogP contribution in [0.15, 0.2) is 53.3 Å². The predicted octanol–water partition coefficient (Wildman–Crippen LogP) is 3.88. The van der Waals surface area contributed by atoms with Gasteiger partial charge in [-0.05, 0) is 31.5 Å². The maximum Gasteiger partial charge on any atom is 0.297 e. The summed E-state index contributed by atoms with van der Waals surface area (Å²) in [5.74, 6) is 0.660. The molecule has 5 nitrogen and oxygen atoms in total. The highest BCUT2D eigenvalue weighted by molar-refractivity contribution is 5.89. The van der Waals surface area contributed by atoms with Crippen molar-refractivity contribution in [1.82, 2.24) is 4.57 Å². The molecule has 1 N–H and O–H groups in total. The highest BCUT2D eigenvalue weighted by Crippen LogP contribution is 2.35. The van der Waals surface area contributed by atoms with Crippen molar-refractivity contribution in [3.8, 4) is 17.2 Å². The van der Waals surface area contributed by atoms with Gasteiger partial charge in [-0.3, -0.25) is 4.79 Å². The molecule has 0 aliphatic heterocycles. The fraction of sp³-hybridized carbons (Fsp3) is 0.250. The van der Waals surface area contributed by atoms with Gasteiger partial charge in [0, 0.05) is 17.5 Å². The smallest absolute Gasteiger partial charge is 0.297 e. The summed E-state index contributed by atoms with van der Waals surface area (Å²) in [6.45, 7) is 4.10. The summed E-state index contributed by atoms with van der Waals surface area (Å²) in [5, 5.41) is 10.5. The van der Waals surface area contributed by atoms with E-state index in [9.17, 15) is 9.90 Å². The summed E-state index contributed by atoms with van der Waals surface area (Å²) < 4.78 is 12.9. The van der Waals surface area contributed by atoms with Crippen LogP contribution in [-0.2, 0) is 6.61 Å². The van der Waals surface area contributed by atoms with Crippen molar-refractivity contribution in [3.63, 3.8) is 0 Å². The van der Waals surface area contributed by atoms with Gasteiger partial charge in [-0.2, -0.15) is 0 Å². The zero-order valence-corrected chi connectivity index (χ0v) is 14.5. The molecule has 25 heavy (non-hydrogen) atoms. The van der Waals surface area contributed by atoms with E-state index in [0.29, 0.717) is 11.3 Å². The Bertz CT molecular complexity index is 945. The Morgan fingerprint density at radius 1 is 1.08 bits per heavy atom. The monoisotopic (exact) mass is 339 g/mol. The molecule has 1 aromatic heterocycles. The molecule has 0 spiro atoms. The summed E-state index contributed by atoms with van der Waals surface area (Å²) in [7, 11) is 1.51. The minimum Gasteiger partial charge on any atom is -0.508 e. The number of benzene rings is 2. The summed E-state index contributed by atoms with van der Waals surface area (Å²) in [6, 6.07) is 14.4. The molecule has 0 unspecified atom stereocenters.